The number of carbonyl (C=O) groups is 1. The van der Waals surface area contributed by atoms with Crippen molar-refractivity contribution >= 4 is 5.97 Å². The summed E-state index contributed by atoms with van der Waals surface area (Å²) in [5.41, 5.74) is 12.5. The highest BCUT2D eigenvalue weighted by atomic mass is 16.5. The Hall–Kier alpha value is -4.83. The first-order valence-corrected chi connectivity index (χ1v) is 19.7. The van der Waals surface area contributed by atoms with E-state index in [9.17, 15) is 20.1 Å². The number of fused-ring (bicyclic) bond motifs is 8. The molecule has 56 heavy (non-hydrogen) atoms. The van der Waals surface area contributed by atoms with Crippen molar-refractivity contribution in [2.75, 3.05) is 54.9 Å². The molecule has 0 aromatic heterocycles. The molecule has 0 unspecified atom stereocenters. The van der Waals surface area contributed by atoms with E-state index < -0.39 is 5.97 Å². The van der Waals surface area contributed by atoms with Crippen LogP contribution in [0.5, 0.6) is 23.0 Å². The van der Waals surface area contributed by atoms with Crippen molar-refractivity contribution in [1.29, 1.82) is 0 Å². The average Bonchev–Trinajstić information content (AvgIpc) is 3.19. The molecule has 4 aromatic carbocycles. The van der Waals surface area contributed by atoms with Crippen LogP contribution in [0.2, 0.25) is 0 Å². The molecule has 0 amide bonds. The summed E-state index contributed by atoms with van der Waals surface area (Å²) >= 11 is 0. The quantitative estimate of drug-likeness (QED) is 0.0500. The number of aliphatic hydroxyl groups is 3. The Labute approximate surface area is 331 Å². The Morgan fingerprint density at radius 3 is 0.964 bits per heavy atom. The number of rotatable bonds is 18. The number of hydrogen-bond donors (Lipinski definition) is 3. The molecule has 5 rings (SSSR count). The lowest BCUT2D eigenvalue weighted by Crippen LogP contribution is -2.09. The van der Waals surface area contributed by atoms with Crippen LogP contribution in [0.15, 0.2) is 61.2 Å². The number of methoxy groups -OCH3 is 4. The molecule has 4 aromatic rings. The van der Waals surface area contributed by atoms with Crippen LogP contribution in [-0.2, 0) is 60.9 Å². The van der Waals surface area contributed by atoms with E-state index >= 15 is 0 Å². The summed E-state index contributed by atoms with van der Waals surface area (Å²) in [6.07, 6.45) is 8.66. The minimum atomic E-state index is -0.438. The van der Waals surface area contributed by atoms with Crippen molar-refractivity contribution < 1.29 is 43.8 Å². The van der Waals surface area contributed by atoms with Crippen LogP contribution >= 0.6 is 0 Å². The van der Waals surface area contributed by atoms with E-state index in [-0.39, 0.29) is 26.4 Å². The third kappa shape index (κ3) is 10.5. The standard InChI is InChI=1S/C47H58O9/c1-6-43(51)56-18-10-14-34-25-41-29-39-23-32(12-8-16-49)21-37(45(39)53-3)27-35-19-31(11-7-15-48)20-36(44(35)52-2)28-38-22-33(13-9-17-50)24-40(46(38)54-4)30-42(26-34)47(41)55-5/h6,19-26,48-50H,1,7-18,27-30H2,2-5H3. The first-order chi connectivity index (χ1) is 27.3. The maximum atomic E-state index is 11.8. The zero-order chi connectivity index (χ0) is 40.0. The normalized spacial score (nSPS) is 12.2. The monoisotopic (exact) mass is 766 g/mol. The molecule has 0 aliphatic heterocycles. The Kier molecular flexibility index (Phi) is 15.8. The fourth-order valence-electron chi connectivity index (χ4n) is 8.16. The van der Waals surface area contributed by atoms with Gasteiger partial charge in [-0.15, -0.1) is 0 Å². The molecule has 0 atom stereocenters. The second kappa shape index (κ2) is 20.9. The van der Waals surface area contributed by atoms with Gasteiger partial charge in [0.05, 0.1) is 35.0 Å². The second-order valence-corrected chi connectivity index (χ2v) is 14.5. The van der Waals surface area contributed by atoms with Crippen molar-refractivity contribution in [3.8, 4) is 23.0 Å². The molecule has 3 N–H and O–H groups in total. The average molecular weight is 767 g/mol. The minimum Gasteiger partial charge on any atom is -0.496 e. The van der Waals surface area contributed by atoms with Gasteiger partial charge in [0.25, 0.3) is 0 Å². The van der Waals surface area contributed by atoms with E-state index in [0.717, 1.165) is 89.8 Å². The first-order valence-electron chi connectivity index (χ1n) is 19.7. The Morgan fingerprint density at radius 1 is 0.500 bits per heavy atom. The predicted molar refractivity (Wildman–Crippen MR) is 219 cm³/mol. The molecule has 0 heterocycles. The summed E-state index contributed by atoms with van der Waals surface area (Å²) in [7, 11) is 6.85. The van der Waals surface area contributed by atoms with Crippen molar-refractivity contribution in [3.05, 3.63) is 128 Å². The summed E-state index contributed by atoms with van der Waals surface area (Å²) in [6, 6.07) is 17.5. The van der Waals surface area contributed by atoms with Crippen molar-refractivity contribution in [2.24, 2.45) is 0 Å². The molecule has 9 heteroatoms. The van der Waals surface area contributed by atoms with Crippen LogP contribution in [0, 0.1) is 0 Å². The summed E-state index contributed by atoms with van der Waals surface area (Å²) in [6.45, 7) is 4.06. The van der Waals surface area contributed by atoms with Gasteiger partial charge in [0.15, 0.2) is 0 Å². The van der Waals surface area contributed by atoms with Crippen molar-refractivity contribution in [3.63, 3.8) is 0 Å². The summed E-state index contributed by atoms with van der Waals surface area (Å²) < 4.78 is 30.4. The molecule has 0 fully saturated rings. The van der Waals surface area contributed by atoms with E-state index in [4.69, 9.17) is 23.7 Å². The molecule has 8 bridgehead atoms. The largest absolute Gasteiger partial charge is 0.496 e. The highest BCUT2D eigenvalue weighted by Crippen LogP contribution is 2.41. The first kappa shape index (κ1) is 42.3. The second-order valence-electron chi connectivity index (χ2n) is 14.5. The molecule has 0 radical (unpaired) electrons. The highest BCUT2D eigenvalue weighted by molar-refractivity contribution is 5.81. The maximum absolute atomic E-state index is 11.8. The van der Waals surface area contributed by atoms with Crippen molar-refractivity contribution in [1.82, 2.24) is 0 Å². The molecular weight excluding hydrogens is 709 g/mol. The molecule has 1 aliphatic carbocycles. The highest BCUT2D eigenvalue weighted by Gasteiger charge is 2.23. The van der Waals surface area contributed by atoms with E-state index in [1.807, 2.05) is 0 Å². The summed E-state index contributed by atoms with van der Waals surface area (Å²) in [5.74, 6) is 2.73. The van der Waals surface area contributed by atoms with Gasteiger partial charge in [-0.3, -0.25) is 0 Å². The van der Waals surface area contributed by atoms with E-state index in [2.05, 4.69) is 55.1 Å². The van der Waals surface area contributed by atoms with Crippen LogP contribution in [-0.4, -0.2) is 76.2 Å². The number of aryl methyl sites for hydroxylation is 4. The molecule has 0 spiro atoms. The molecular formula is C47H58O9. The summed E-state index contributed by atoms with van der Waals surface area (Å²) in [4.78, 5) is 11.8. The van der Waals surface area contributed by atoms with Gasteiger partial charge >= 0.3 is 5.97 Å². The van der Waals surface area contributed by atoms with Gasteiger partial charge in [-0.1, -0.05) is 55.1 Å². The van der Waals surface area contributed by atoms with E-state index in [0.29, 0.717) is 77.0 Å². The van der Waals surface area contributed by atoms with Crippen LogP contribution in [0.1, 0.15) is 92.4 Å². The van der Waals surface area contributed by atoms with Gasteiger partial charge in [0, 0.05) is 51.6 Å². The smallest absolute Gasteiger partial charge is 0.330 e. The van der Waals surface area contributed by atoms with Gasteiger partial charge in [-0.25, -0.2) is 4.79 Å². The van der Waals surface area contributed by atoms with Gasteiger partial charge in [0.2, 0.25) is 0 Å². The molecule has 1 aliphatic rings. The topological polar surface area (TPSA) is 124 Å². The van der Waals surface area contributed by atoms with E-state index in [1.54, 1.807) is 28.4 Å². The number of esters is 1. The zero-order valence-electron chi connectivity index (χ0n) is 33.5. The maximum Gasteiger partial charge on any atom is 0.330 e. The molecule has 300 valence electrons. The molecule has 0 saturated carbocycles. The van der Waals surface area contributed by atoms with Gasteiger partial charge < -0.3 is 39.0 Å². The van der Waals surface area contributed by atoms with Crippen LogP contribution in [0.4, 0.5) is 0 Å². The molecule has 0 saturated heterocycles. The number of aliphatic hydroxyl groups excluding tert-OH is 3. The number of hydrogen-bond acceptors (Lipinski definition) is 9. The third-order valence-electron chi connectivity index (χ3n) is 10.4. The lowest BCUT2D eigenvalue weighted by atomic mass is 9.87. The Balaban J connectivity index is 1.80. The Bertz CT molecular complexity index is 1850. The summed E-state index contributed by atoms with van der Waals surface area (Å²) in [5, 5.41) is 29.4. The van der Waals surface area contributed by atoms with Gasteiger partial charge in [0.1, 0.15) is 23.0 Å². The predicted octanol–water partition coefficient (Wildman–Crippen LogP) is 6.83. The SMILES string of the molecule is C=CC(=O)OCCCc1cc2c(OC)c(c1)Cc1cc(CCCO)cc(c1OC)Cc1cc(CCCO)cc(c1OC)Cc1cc(CCCO)cc(c1OC)C2. The van der Waals surface area contributed by atoms with Gasteiger partial charge in [-0.05, 0) is 118 Å². The zero-order valence-corrected chi connectivity index (χ0v) is 33.5. The minimum absolute atomic E-state index is 0.0907. The van der Waals surface area contributed by atoms with Crippen molar-refractivity contribution in [2.45, 2.75) is 77.0 Å². The van der Waals surface area contributed by atoms with Crippen LogP contribution in [0.3, 0.4) is 0 Å². The number of carbonyl (C=O) groups excluding carboxylic acids is 1. The lowest BCUT2D eigenvalue weighted by Gasteiger charge is -2.23. The molecule has 9 nitrogen and oxygen atoms in total. The fraction of sp³-hybridized carbons (Fsp3) is 0.426. The third-order valence-corrected chi connectivity index (χ3v) is 10.4. The number of ether oxygens (including phenoxy) is 5. The van der Waals surface area contributed by atoms with Crippen LogP contribution < -0.4 is 18.9 Å². The number of benzene rings is 4. The van der Waals surface area contributed by atoms with E-state index in [1.165, 1.54) is 6.08 Å². The van der Waals surface area contributed by atoms with Gasteiger partial charge in [-0.2, -0.15) is 0 Å². The Morgan fingerprint density at radius 2 is 0.750 bits per heavy atom. The lowest BCUT2D eigenvalue weighted by molar-refractivity contribution is -0.137. The van der Waals surface area contributed by atoms with Crippen LogP contribution in [0.25, 0.3) is 0 Å². The fourth-order valence-corrected chi connectivity index (χ4v) is 8.16.